The van der Waals surface area contributed by atoms with Gasteiger partial charge in [0.15, 0.2) is 0 Å². The predicted octanol–water partition coefficient (Wildman–Crippen LogP) is 1.38. The third kappa shape index (κ3) is 5.32. The van der Waals surface area contributed by atoms with Crippen molar-refractivity contribution in [1.82, 2.24) is 10.2 Å². The fraction of sp³-hybridized carbons (Fsp3) is 0.308. The van der Waals surface area contributed by atoms with Crippen LogP contribution < -0.4 is 5.32 Å². The van der Waals surface area contributed by atoms with Crippen molar-refractivity contribution in [2.75, 3.05) is 27.2 Å². The topological polar surface area (TPSA) is 32.3 Å². The molecule has 16 heavy (non-hydrogen) atoms. The highest BCUT2D eigenvalue weighted by atomic mass is 16.1. The van der Waals surface area contributed by atoms with E-state index in [4.69, 9.17) is 0 Å². The number of amides is 1. The first kappa shape index (κ1) is 12.5. The Balaban J connectivity index is 2.32. The summed E-state index contributed by atoms with van der Waals surface area (Å²) in [6.07, 6.45) is 3.37. The van der Waals surface area contributed by atoms with Crippen LogP contribution in [0.3, 0.4) is 0 Å². The second-order valence-corrected chi connectivity index (χ2v) is 3.84. The number of carbonyl (C=O) groups is 1. The van der Waals surface area contributed by atoms with Crippen molar-refractivity contribution in [3.63, 3.8) is 0 Å². The molecule has 0 fully saturated rings. The first-order valence-electron chi connectivity index (χ1n) is 5.34. The maximum Gasteiger partial charge on any atom is 0.244 e. The third-order valence-corrected chi connectivity index (χ3v) is 2.08. The lowest BCUT2D eigenvalue weighted by Gasteiger charge is -2.08. The van der Waals surface area contributed by atoms with Gasteiger partial charge < -0.3 is 10.2 Å². The summed E-state index contributed by atoms with van der Waals surface area (Å²) < 4.78 is 0. The molecule has 3 nitrogen and oxygen atoms in total. The van der Waals surface area contributed by atoms with Gasteiger partial charge in [-0.3, -0.25) is 4.79 Å². The summed E-state index contributed by atoms with van der Waals surface area (Å²) in [4.78, 5) is 13.4. The van der Waals surface area contributed by atoms with Gasteiger partial charge in [0.25, 0.3) is 0 Å². The van der Waals surface area contributed by atoms with Crippen LogP contribution >= 0.6 is 0 Å². The Kier molecular flexibility index (Phi) is 5.29. The lowest BCUT2D eigenvalue weighted by atomic mass is 10.2. The average molecular weight is 218 g/mol. The number of hydrogen-bond acceptors (Lipinski definition) is 2. The molecule has 0 saturated carbocycles. The summed E-state index contributed by atoms with van der Waals surface area (Å²) in [6, 6.07) is 9.77. The summed E-state index contributed by atoms with van der Waals surface area (Å²) in [5.74, 6) is -0.0503. The van der Waals surface area contributed by atoms with Crippen LogP contribution in [0, 0.1) is 0 Å². The van der Waals surface area contributed by atoms with Crippen molar-refractivity contribution >= 4 is 12.0 Å². The van der Waals surface area contributed by atoms with E-state index >= 15 is 0 Å². The molecule has 0 aromatic heterocycles. The van der Waals surface area contributed by atoms with E-state index in [1.54, 1.807) is 6.08 Å². The van der Waals surface area contributed by atoms with Crippen LogP contribution in [0.2, 0.25) is 0 Å². The Labute approximate surface area is 96.8 Å². The number of benzene rings is 1. The molecule has 1 rings (SSSR count). The van der Waals surface area contributed by atoms with E-state index in [1.807, 2.05) is 55.4 Å². The van der Waals surface area contributed by atoms with Crippen LogP contribution in [0.4, 0.5) is 0 Å². The molecule has 3 heteroatoms. The second-order valence-electron chi connectivity index (χ2n) is 3.84. The zero-order chi connectivity index (χ0) is 11.8. The minimum absolute atomic E-state index is 0.0503. The maximum atomic E-state index is 11.4. The summed E-state index contributed by atoms with van der Waals surface area (Å²) in [6.45, 7) is 1.52. The summed E-state index contributed by atoms with van der Waals surface area (Å²) >= 11 is 0. The Hall–Kier alpha value is -1.61. The van der Waals surface area contributed by atoms with E-state index in [9.17, 15) is 4.79 Å². The van der Waals surface area contributed by atoms with E-state index in [-0.39, 0.29) is 5.91 Å². The van der Waals surface area contributed by atoms with Crippen molar-refractivity contribution in [2.24, 2.45) is 0 Å². The first-order valence-corrected chi connectivity index (χ1v) is 5.34. The van der Waals surface area contributed by atoms with Gasteiger partial charge in [-0.2, -0.15) is 0 Å². The lowest BCUT2D eigenvalue weighted by molar-refractivity contribution is -0.116. The highest BCUT2D eigenvalue weighted by Gasteiger charge is 1.95. The lowest BCUT2D eigenvalue weighted by Crippen LogP contribution is -2.30. The van der Waals surface area contributed by atoms with Crippen molar-refractivity contribution in [3.05, 3.63) is 42.0 Å². The van der Waals surface area contributed by atoms with E-state index in [0.29, 0.717) is 6.54 Å². The molecule has 1 aromatic carbocycles. The minimum Gasteiger partial charge on any atom is -0.351 e. The van der Waals surface area contributed by atoms with E-state index < -0.39 is 0 Å². The van der Waals surface area contributed by atoms with Crippen molar-refractivity contribution in [3.8, 4) is 0 Å². The molecule has 0 unspecified atom stereocenters. The van der Waals surface area contributed by atoms with Gasteiger partial charge in [-0.15, -0.1) is 0 Å². The number of carbonyl (C=O) groups excluding carboxylic acids is 1. The van der Waals surface area contributed by atoms with Crippen molar-refractivity contribution < 1.29 is 4.79 Å². The van der Waals surface area contributed by atoms with Crippen LogP contribution in [0.15, 0.2) is 36.4 Å². The molecule has 0 heterocycles. The van der Waals surface area contributed by atoms with E-state index in [1.165, 1.54) is 0 Å². The van der Waals surface area contributed by atoms with Gasteiger partial charge in [0.2, 0.25) is 5.91 Å². The minimum atomic E-state index is -0.0503. The monoisotopic (exact) mass is 218 g/mol. The summed E-state index contributed by atoms with van der Waals surface area (Å²) in [5.41, 5.74) is 1.03. The molecule has 0 atom stereocenters. The normalized spacial score (nSPS) is 10.9. The first-order chi connectivity index (χ1) is 7.68. The number of hydrogen-bond donors (Lipinski definition) is 1. The zero-order valence-electron chi connectivity index (χ0n) is 9.81. The maximum absolute atomic E-state index is 11.4. The van der Waals surface area contributed by atoms with Crippen molar-refractivity contribution in [2.45, 2.75) is 0 Å². The van der Waals surface area contributed by atoms with Crippen LogP contribution in [-0.2, 0) is 4.79 Å². The van der Waals surface area contributed by atoms with Gasteiger partial charge in [-0.1, -0.05) is 30.3 Å². The Bertz CT molecular complexity index is 344. The smallest absolute Gasteiger partial charge is 0.244 e. The molecule has 0 spiro atoms. The molecular weight excluding hydrogens is 200 g/mol. The zero-order valence-corrected chi connectivity index (χ0v) is 9.81. The van der Waals surface area contributed by atoms with Crippen LogP contribution in [0.1, 0.15) is 5.56 Å². The Morgan fingerprint density at radius 1 is 1.31 bits per heavy atom. The van der Waals surface area contributed by atoms with Gasteiger partial charge in [0.1, 0.15) is 0 Å². The molecule has 86 valence electrons. The average Bonchev–Trinajstić information content (AvgIpc) is 2.27. The quantitative estimate of drug-likeness (QED) is 0.757. The van der Waals surface area contributed by atoms with Gasteiger partial charge in [-0.05, 0) is 25.7 Å². The van der Waals surface area contributed by atoms with Gasteiger partial charge in [0.05, 0.1) is 0 Å². The molecular formula is C13H18N2O. The fourth-order valence-electron chi connectivity index (χ4n) is 1.20. The SMILES string of the molecule is CN(C)CCNC(=O)C=Cc1ccccc1. The molecule has 0 saturated heterocycles. The standard InChI is InChI=1S/C13H18N2O/c1-15(2)11-10-14-13(16)9-8-12-6-4-3-5-7-12/h3-9H,10-11H2,1-2H3,(H,14,16). The van der Waals surface area contributed by atoms with Gasteiger partial charge in [-0.25, -0.2) is 0 Å². The number of likely N-dealkylation sites (N-methyl/N-ethyl adjacent to an activating group) is 1. The van der Waals surface area contributed by atoms with E-state index in [0.717, 1.165) is 12.1 Å². The molecule has 0 bridgehead atoms. The van der Waals surface area contributed by atoms with Crippen molar-refractivity contribution in [1.29, 1.82) is 0 Å². The number of rotatable bonds is 5. The molecule has 0 radical (unpaired) electrons. The summed E-state index contributed by atoms with van der Waals surface area (Å²) in [7, 11) is 3.96. The van der Waals surface area contributed by atoms with Crippen LogP contribution in [-0.4, -0.2) is 38.0 Å². The predicted molar refractivity (Wildman–Crippen MR) is 67.0 cm³/mol. The number of nitrogens with one attached hydrogen (secondary N) is 1. The number of nitrogens with zero attached hydrogens (tertiary/aromatic N) is 1. The highest BCUT2D eigenvalue weighted by molar-refractivity contribution is 5.91. The van der Waals surface area contributed by atoms with Gasteiger partial charge >= 0.3 is 0 Å². The molecule has 1 N–H and O–H groups in total. The Morgan fingerprint density at radius 3 is 2.62 bits per heavy atom. The highest BCUT2D eigenvalue weighted by Crippen LogP contribution is 2.00. The van der Waals surface area contributed by atoms with Crippen LogP contribution in [0.5, 0.6) is 0 Å². The molecule has 1 amide bonds. The van der Waals surface area contributed by atoms with E-state index in [2.05, 4.69) is 5.32 Å². The second kappa shape index (κ2) is 6.80. The third-order valence-electron chi connectivity index (χ3n) is 2.08. The molecule has 0 aliphatic heterocycles. The molecule has 0 aliphatic rings. The molecule has 0 aliphatic carbocycles. The van der Waals surface area contributed by atoms with Gasteiger partial charge in [0, 0.05) is 19.2 Å². The van der Waals surface area contributed by atoms with Crippen LogP contribution in [0.25, 0.3) is 6.08 Å². The largest absolute Gasteiger partial charge is 0.351 e. The molecule has 1 aromatic rings. The summed E-state index contributed by atoms with van der Waals surface area (Å²) in [5, 5.41) is 2.82. The Morgan fingerprint density at radius 2 is 2.00 bits per heavy atom. The fourth-order valence-corrected chi connectivity index (χ4v) is 1.20.